The van der Waals surface area contributed by atoms with E-state index in [4.69, 9.17) is 15.2 Å². The lowest BCUT2D eigenvalue weighted by Crippen LogP contribution is -2.16. The van der Waals surface area contributed by atoms with Gasteiger partial charge in [0.05, 0.1) is 13.2 Å². The number of nitrogens with zero attached hydrogens (tertiary/aromatic N) is 2. The molecule has 1 aromatic heterocycles. The van der Waals surface area contributed by atoms with Gasteiger partial charge in [-0.1, -0.05) is 11.8 Å². The van der Waals surface area contributed by atoms with Gasteiger partial charge in [-0.25, -0.2) is 4.98 Å². The van der Waals surface area contributed by atoms with Crippen molar-refractivity contribution in [3.63, 3.8) is 0 Å². The highest BCUT2D eigenvalue weighted by molar-refractivity contribution is 7.98. The molecular formula is C9H13N3O2S. The first-order chi connectivity index (χ1) is 7.28. The minimum atomic E-state index is 0.0917. The SMILES string of the molecule is CSc1nc(N)cc(OC2CCOC2)n1. The molecule has 0 amide bonds. The third-order valence-electron chi connectivity index (χ3n) is 2.06. The lowest BCUT2D eigenvalue weighted by atomic mass is 10.3. The van der Waals surface area contributed by atoms with Crippen LogP contribution in [0.4, 0.5) is 5.82 Å². The first-order valence-electron chi connectivity index (χ1n) is 4.71. The summed E-state index contributed by atoms with van der Waals surface area (Å²) in [5, 5.41) is 0.629. The smallest absolute Gasteiger partial charge is 0.219 e. The molecule has 1 atom stereocenters. The minimum absolute atomic E-state index is 0.0917. The maximum absolute atomic E-state index is 5.63. The molecule has 2 rings (SSSR count). The predicted molar refractivity (Wildman–Crippen MR) is 58.1 cm³/mol. The van der Waals surface area contributed by atoms with Gasteiger partial charge < -0.3 is 15.2 Å². The van der Waals surface area contributed by atoms with Gasteiger partial charge in [0.15, 0.2) is 5.16 Å². The molecule has 0 bridgehead atoms. The van der Waals surface area contributed by atoms with Gasteiger partial charge in [0.2, 0.25) is 5.88 Å². The van der Waals surface area contributed by atoms with Crippen LogP contribution in [0, 0.1) is 0 Å². The summed E-state index contributed by atoms with van der Waals surface area (Å²) < 4.78 is 10.8. The zero-order valence-corrected chi connectivity index (χ0v) is 9.29. The Labute approximate surface area is 92.4 Å². The number of aromatic nitrogens is 2. The Morgan fingerprint density at radius 3 is 3.13 bits per heavy atom. The van der Waals surface area contributed by atoms with Crippen molar-refractivity contribution < 1.29 is 9.47 Å². The normalized spacial score (nSPS) is 20.5. The fraction of sp³-hybridized carbons (Fsp3) is 0.556. The Balaban J connectivity index is 2.09. The molecule has 1 unspecified atom stereocenters. The standard InChI is InChI=1S/C9H13N3O2S/c1-15-9-11-7(10)4-8(12-9)14-6-2-3-13-5-6/h4,6H,2-3,5H2,1H3,(H2,10,11,12). The molecule has 82 valence electrons. The number of hydrogen-bond acceptors (Lipinski definition) is 6. The average molecular weight is 227 g/mol. The van der Waals surface area contributed by atoms with E-state index in [2.05, 4.69) is 9.97 Å². The highest BCUT2D eigenvalue weighted by Crippen LogP contribution is 2.19. The molecule has 0 aliphatic carbocycles. The molecule has 1 fully saturated rings. The number of hydrogen-bond donors (Lipinski definition) is 1. The van der Waals surface area contributed by atoms with Crippen molar-refractivity contribution in [2.75, 3.05) is 25.2 Å². The van der Waals surface area contributed by atoms with E-state index in [1.54, 1.807) is 6.07 Å². The lowest BCUT2D eigenvalue weighted by molar-refractivity contribution is 0.137. The summed E-state index contributed by atoms with van der Waals surface area (Å²) >= 11 is 1.44. The van der Waals surface area contributed by atoms with Crippen LogP contribution in [0.3, 0.4) is 0 Å². The number of rotatable bonds is 3. The summed E-state index contributed by atoms with van der Waals surface area (Å²) in [5.41, 5.74) is 5.63. The molecule has 2 N–H and O–H groups in total. The first kappa shape index (κ1) is 10.5. The molecule has 0 aromatic carbocycles. The fourth-order valence-electron chi connectivity index (χ4n) is 1.35. The summed E-state index contributed by atoms with van der Waals surface area (Å²) in [4.78, 5) is 8.25. The van der Waals surface area contributed by atoms with Crippen LogP contribution >= 0.6 is 11.8 Å². The number of nitrogen functional groups attached to an aromatic ring is 1. The predicted octanol–water partition coefficient (Wildman–Crippen LogP) is 0.948. The molecule has 0 spiro atoms. The number of ether oxygens (including phenoxy) is 2. The van der Waals surface area contributed by atoms with Crippen molar-refractivity contribution >= 4 is 17.6 Å². The molecule has 15 heavy (non-hydrogen) atoms. The van der Waals surface area contributed by atoms with Gasteiger partial charge in [0.1, 0.15) is 11.9 Å². The van der Waals surface area contributed by atoms with Crippen LogP contribution in [-0.4, -0.2) is 35.5 Å². The molecule has 2 heterocycles. The summed E-state index contributed by atoms with van der Waals surface area (Å²) in [6.07, 6.45) is 2.89. The highest BCUT2D eigenvalue weighted by atomic mass is 32.2. The van der Waals surface area contributed by atoms with Gasteiger partial charge in [-0.05, 0) is 6.26 Å². The monoisotopic (exact) mass is 227 g/mol. The van der Waals surface area contributed by atoms with Gasteiger partial charge in [-0.15, -0.1) is 0 Å². The van der Waals surface area contributed by atoms with Crippen molar-refractivity contribution in [3.05, 3.63) is 6.07 Å². The minimum Gasteiger partial charge on any atom is -0.472 e. The molecule has 1 aliphatic heterocycles. The third kappa shape index (κ3) is 2.73. The summed E-state index contributed by atoms with van der Waals surface area (Å²) in [6, 6.07) is 1.64. The Bertz CT molecular complexity index is 342. The largest absolute Gasteiger partial charge is 0.472 e. The molecular weight excluding hydrogens is 214 g/mol. The van der Waals surface area contributed by atoms with Gasteiger partial charge >= 0.3 is 0 Å². The van der Waals surface area contributed by atoms with E-state index >= 15 is 0 Å². The van der Waals surface area contributed by atoms with Crippen LogP contribution in [0.2, 0.25) is 0 Å². The van der Waals surface area contributed by atoms with Crippen molar-refractivity contribution in [3.8, 4) is 5.88 Å². The van der Waals surface area contributed by atoms with Gasteiger partial charge in [0.25, 0.3) is 0 Å². The van der Waals surface area contributed by atoms with Gasteiger partial charge in [-0.2, -0.15) is 4.98 Å². The summed E-state index contributed by atoms with van der Waals surface area (Å²) in [6.45, 7) is 1.37. The molecule has 0 radical (unpaired) electrons. The van der Waals surface area contributed by atoms with E-state index in [9.17, 15) is 0 Å². The molecule has 1 aromatic rings. The van der Waals surface area contributed by atoms with Gasteiger partial charge in [0, 0.05) is 12.5 Å². The van der Waals surface area contributed by atoms with Crippen LogP contribution < -0.4 is 10.5 Å². The second-order valence-electron chi connectivity index (χ2n) is 3.22. The van der Waals surface area contributed by atoms with Crippen molar-refractivity contribution in [2.45, 2.75) is 17.7 Å². The lowest BCUT2D eigenvalue weighted by Gasteiger charge is -2.11. The second kappa shape index (κ2) is 4.67. The zero-order chi connectivity index (χ0) is 10.7. The Morgan fingerprint density at radius 2 is 2.47 bits per heavy atom. The van der Waals surface area contributed by atoms with E-state index in [0.717, 1.165) is 13.0 Å². The Hall–Kier alpha value is -1.01. The quantitative estimate of drug-likeness (QED) is 0.612. The van der Waals surface area contributed by atoms with Crippen LogP contribution in [0.1, 0.15) is 6.42 Å². The summed E-state index contributed by atoms with van der Waals surface area (Å²) in [7, 11) is 0. The number of nitrogens with two attached hydrogens (primary N) is 1. The van der Waals surface area contributed by atoms with Crippen LogP contribution in [-0.2, 0) is 4.74 Å². The molecule has 6 heteroatoms. The van der Waals surface area contributed by atoms with E-state index in [0.29, 0.717) is 23.5 Å². The zero-order valence-electron chi connectivity index (χ0n) is 8.47. The topological polar surface area (TPSA) is 70.3 Å². The van der Waals surface area contributed by atoms with E-state index in [-0.39, 0.29) is 6.10 Å². The third-order valence-corrected chi connectivity index (χ3v) is 2.61. The molecule has 1 saturated heterocycles. The highest BCUT2D eigenvalue weighted by Gasteiger charge is 2.18. The maximum Gasteiger partial charge on any atom is 0.219 e. The van der Waals surface area contributed by atoms with E-state index in [1.165, 1.54) is 11.8 Å². The number of thioether (sulfide) groups is 1. The average Bonchev–Trinajstić information content (AvgIpc) is 2.69. The number of anilines is 1. The van der Waals surface area contributed by atoms with E-state index < -0.39 is 0 Å². The van der Waals surface area contributed by atoms with Crippen LogP contribution in [0.5, 0.6) is 5.88 Å². The summed E-state index contributed by atoms with van der Waals surface area (Å²) in [5.74, 6) is 0.964. The van der Waals surface area contributed by atoms with Crippen LogP contribution in [0.15, 0.2) is 11.2 Å². The van der Waals surface area contributed by atoms with Gasteiger partial charge in [-0.3, -0.25) is 0 Å². The second-order valence-corrected chi connectivity index (χ2v) is 3.99. The van der Waals surface area contributed by atoms with Crippen molar-refractivity contribution in [1.29, 1.82) is 0 Å². The Kier molecular flexibility index (Phi) is 3.27. The van der Waals surface area contributed by atoms with E-state index in [1.807, 2.05) is 6.26 Å². The molecule has 1 aliphatic rings. The van der Waals surface area contributed by atoms with Crippen molar-refractivity contribution in [2.24, 2.45) is 0 Å². The maximum atomic E-state index is 5.63. The fourth-order valence-corrected chi connectivity index (χ4v) is 1.73. The molecule has 5 nitrogen and oxygen atoms in total. The van der Waals surface area contributed by atoms with Crippen LogP contribution in [0.25, 0.3) is 0 Å². The first-order valence-corrected chi connectivity index (χ1v) is 5.93. The molecule has 0 saturated carbocycles. The Morgan fingerprint density at radius 1 is 1.60 bits per heavy atom. The van der Waals surface area contributed by atoms with Crippen molar-refractivity contribution in [1.82, 2.24) is 9.97 Å².